The van der Waals surface area contributed by atoms with E-state index in [-0.39, 0.29) is 6.61 Å². The van der Waals surface area contributed by atoms with Crippen molar-refractivity contribution >= 4 is 11.3 Å². The molecule has 4 nitrogen and oxygen atoms in total. The van der Waals surface area contributed by atoms with Crippen LogP contribution in [0.15, 0.2) is 18.5 Å². The van der Waals surface area contributed by atoms with E-state index in [0.29, 0.717) is 5.56 Å². The fourth-order valence-electron chi connectivity index (χ4n) is 0.605. The van der Waals surface area contributed by atoms with Gasteiger partial charge in [0.1, 0.15) is 0 Å². The summed E-state index contributed by atoms with van der Waals surface area (Å²) in [5.74, 6) is 0. The van der Waals surface area contributed by atoms with Gasteiger partial charge in [-0.05, 0) is 11.6 Å². The van der Waals surface area contributed by atoms with Gasteiger partial charge in [-0.3, -0.25) is 8.18 Å². The Hall–Kier alpha value is -0.650. The van der Waals surface area contributed by atoms with Gasteiger partial charge in [0.05, 0.1) is 17.9 Å². The molecule has 1 N–H and O–H groups in total. The zero-order chi connectivity index (χ0) is 7.56. The van der Waals surface area contributed by atoms with Crippen molar-refractivity contribution in [2.75, 3.05) is 0 Å². The van der Waals surface area contributed by atoms with Gasteiger partial charge < -0.3 is 9.66 Å². The smallest absolute Gasteiger partial charge is 0.0697 e. The molecule has 0 fully saturated rings. The fourth-order valence-corrected chi connectivity index (χ4v) is 0.987. The van der Waals surface area contributed by atoms with E-state index in [2.05, 4.69) is 0 Å². The average molecular weight is 160 g/mol. The number of nitrogens with zero attached hydrogens (tertiary/aromatic N) is 1. The summed E-state index contributed by atoms with van der Waals surface area (Å²) in [5, 5.41) is 8.52. The van der Waals surface area contributed by atoms with E-state index in [9.17, 15) is 8.76 Å². The number of aliphatic hydroxyl groups excluding tert-OH is 1. The molecule has 1 aromatic heterocycles. The second-order valence-electron chi connectivity index (χ2n) is 1.75. The van der Waals surface area contributed by atoms with Crippen molar-refractivity contribution in [3.63, 3.8) is 0 Å². The molecule has 1 heterocycles. The molecule has 0 aliphatic heterocycles. The lowest BCUT2D eigenvalue weighted by Crippen LogP contribution is -1.98. The van der Waals surface area contributed by atoms with Crippen LogP contribution in [0, 0.1) is 0 Å². The third-order valence-electron chi connectivity index (χ3n) is 1.08. The van der Waals surface area contributed by atoms with Crippen molar-refractivity contribution in [2.24, 2.45) is 0 Å². The number of hydrogen-bond donors (Lipinski definition) is 1. The van der Waals surface area contributed by atoms with E-state index in [1.807, 2.05) is 0 Å². The van der Waals surface area contributed by atoms with Gasteiger partial charge in [0.2, 0.25) is 0 Å². The van der Waals surface area contributed by atoms with Crippen LogP contribution in [0.2, 0.25) is 0 Å². The molecule has 0 radical (unpaired) electrons. The van der Waals surface area contributed by atoms with E-state index >= 15 is 0 Å². The van der Waals surface area contributed by atoms with Crippen LogP contribution in [0.5, 0.6) is 0 Å². The molecule has 0 saturated heterocycles. The van der Waals surface area contributed by atoms with Crippen molar-refractivity contribution in [2.45, 2.75) is 6.61 Å². The van der Waals surface area contributed by atoms with Crippen LogP contribution in [0.3, 0.4) is 0 Å². The molecule has 0 amide bonds. The lowest BCUT2D eigenvalue weighted by atomic mass is 10.4. The van der Waals surface area contributed by atoms with Gasteiger partial charge in [0.15, 0.2) is 0 Å². The molecule has 0 aromatic carbocycles. The Bertz CT molecular complexity index is 245. The topological polar surface area (TPSA) is 65.3 Å². The van der Waals surface area contributed by atoms with Crippen LogP contribution in [0.25, 0.3) is 0 Å². The number of aliphatic hydroxyl groups is 1. The van der Waals surface area contributed by atoms with Crippen molar-refractivity contribution in [3.05, 3.63) is 24.0 Å². The van der Waals surface area contributed by atoms with Gasteiger partial charge in [-0.25, -0.2) is 0 Å². The van der Waals surface area contributed by atoms with E-state index in [0.717, 1.165) is 3.97 Å². The van der Waals surface area contributed by atoms with Crippen molar-refractivity contribution in [1.29, 1.82) is 0 Å². The maximum atomic E-state index is 10.2. The quantitative estimate of drug-likeness (QED) is 0.600. The molecule has 0 aliphatic carbocycles. The molecule has 10 heavy (non-hydrogen) atoms. The summed E-state index contributed by atoms with van der Waals surface area (Å²) in [5.41, 5.74) is 0.587. The van der Waals surface area contributed by atoms with Crippen LogP contribution < -0.4 is 0 Å². The van der Waals surface area contributed by atoms with Gasteiger partial charge in [-0.1, -0.05) is 0 Å². The first-order chi connectivity index (χ1) is 4.74. The van der Waals surface area contributed by atoms with Crippen molar-refractivity contribution in [1.82, 2.24) is 3.97 Å². The first-order valence-corrected chi connectivity index (χ1v) is 3.64. The molecule has 5 heteroatoms. The van der Waals surface area contributed by atoms with Crippen molar-refractivity contribution < 1.29 is 13.9 Å². The fraction of sp³-hybridized carbons (Fsp3) is 0.200. The third kappa shape index (κ3) is 1.44. The van der Waals surface area contributed by atoms with Crippen LogP contribution in [-0.2, 0) is 17.9 Å². The van der Waals surface area contributed by atoms with Crippen molar-refractivity contribution in [3.8, 4) is 0 Å². The van der Waals surface area contributed by atoms with Crippen LogP contribution >= 0.6 is 0 Å². The van der Waals surface area contributed by atoms with Gasteiger partial charge in [0, 0.05) is 12.4 Å². The second kappa shape index (κ2) is 2.96. The molecule has 1 atom stereocenters. The van der Waals surface area contributed by atoms with Crippen LogP contribution in [0.4, 0.5) is 0 Å². The molecule has 0 spiro atoms. The summed E-state index contributed by atoms with van der Waals surface area (Å²) in [6.07, 6.45) is 2.72. The molecule has 0 saturated carbocycles. The Morgan fingerprint density at radius 3 is 2.80 bits per heavy atom. The summed E-state index contributed by atoms with van der Waals surface area (Å²) < 4.78 is 21.4. The second-order valence-corrected chi connectivity index (χ2v) is 2.61. The summed E-state index contributed by atoms with van der Waals surface area (Å²) in [7, 11) is 0. The highest BCUT2D eigenvalue weighted by Crippen LogP contribution is 2.00. The number of rotatable bonds is 2. The third-order valence-corrected chi connectivity index (χ3v) is 1.65. The van der Waals surface area contributed by atoms with Crippen LogP contribution in [-0.4, -0.2) is 17.8 Å². The molecule has 1 aromatic rings. The lowest BCUT2D eigenvalue weighted by Gasteiger charge is -2.03. The average Bonchev–Trinajstić information content (AvgIpc) is 2.34. The molecular weight excluding hydrogens is 154 g/mol. The monoisotopic (exact) mass is 160 g/mol. The van der Waals surface area contributed by atoms with E-state index < -0.39 is 11.3 Å². The Labute approximate surface area is 60.5 Å². The highest BCUT2D eigenvalue weighted by molar-refractivity contribution is 7.77. The maximum absolute atomic E-state index is 10.2. The molecule has 0 aliphatic rings. The number of hydrogen-bond acceptors (Lipinski definition) is 3. The van der Waals surface area contributed by atoms with Crippen LogP contribution in [0.1, 0.15) is 5.56 Å². The highest BCUT2D eigenvalue weighted by atomic mass is 32.2. The standard InChI is InChI=1S/C5H7NO3S/c7-4-5-1-2-6(3-5)10(8)9/h1-3,7H,4H2,(H,8,9)/p-1. The van der Waals surface area contributed by atoms with Gasteiger partial charge >= 0.3 is 0 Å². The highest BCUT2D eigenvalue weighted by Gasteiger charge is 1.92. The first kappa shape index (κ1) is 7.46. The summed E-state index contributed by atoms with van der Waals surface area (Å²) in [6.45, 7) is -0.135. The number of aromatic nitrogens is 1. The maximum Gasteiger partial charge on any atom is 0.0697 e. The van der Waals surface area contributed by atoms with E-state index in [1.54, 1.807) is 0 Å². The minimum Gasteiger partial charge on any atom is -0.755 e. The minimum absolute atomic E-state index is 0.135. The predicted molar refractivity (Wildman–Crippen MR) is 34.7 cm³/mol. The zero-order valence-corrected chi connectivity index (χ0v) is 5.87. The van der Waals surface area contributed by atoms with E-state index in [4.69, 9.17) is 5.11 Å². The molecule has 1 rings (SSSR count). The SMILES string of the molecule is O=S([O-])n1ccc(CO)c1. The Balaban J connectivity index is 2.88. The van der Waals surface area contributed by atoms with Gasteiger partial charge in [-0.2, -0.15) is 0 Å². The minimum atomic E-state index is -2.25. The largest absolute Gasteiger partial charge is 0.755 e. The lowest BCUT2D eigenvalue weighted by molar-refractivity contribution is 0.282. The first-order valence-electron chi connectivity index (χ1n) is 2.61. The Morgan fingerprint density at radius 1 is 1.80 bits per heavy atom. The zero-order valence-electron chi connectivity index (χ0n) is 5.06. The normalized spacial score (nSPS) is 13.4. The molecule has 0 bridgehead atoms. The van der Waals surface area contributed by atoms with Gasteiger partial charge in [-0.15, -0.1) is 0 Å². The summed E-state index contributed by atoms with van der Waals surface area (Å²) >= 11 is -2.25. The van der Waals surface area contributed by atoms with E-state index in [1.165, 1.54) is 18.5 Å². The summed E-state index contributed by atoms with van der Waals surface area (Å²) in [6, 6.07) is 1.54. The molecular formula is C5H6NO3S-. The molecule has 1 unspecified atom stereocenters. The Kier molecular flexibility index (Phi) is 2.21. The Morgan fingerprint density at radius 2 is 2.50 bits per heavy atom. The molecule has 56 valence electrons. The van der Waals surface area contributed by atoms with Gasteiger partial charge in [0.25, 0.3) is 0 Å². The summed E-state index contributed by atoms with van der Waals surface area (Å²) in [4.78, 5) is 0. The predicted octanol–water partition coefficient (Wildman–Crippen LogP) is -0.377.